The molecule has 0 saturated heterocycles. The average molecular weight is 345 g/mol. The number of halogens is 1. The maximum absolute atomic E-state index is 4.47. The van der Waals surface area contributed by atoms with Gasteiger partial charge in [-0.2, -0.15) is 5.10 Å². The minimum atomic E-state index is 0.767. The molecule has 108 valence electrons. The van der Waals surface area contributed by atoms with Gasteiger partial charge in [-0.25, -0.2) is 0 Å². The first-order chi connectivity index (χ1) is 10.2. The van der Waals surface area contributed by atoms with Crippen molar-refractivity contribution in [3.63, 3.8) is 0 Å². The molecule has 1 N–H and O–H groups in total. The van der Waals surface area contributed by atoms with Gasteiger partial charge in [0.15, 0.2) is 0 Å². The maximum atomic E-state index is 4.47. The smallest absolute Gasteiger partial charge is 0.0864 e. The van der Waals surface area contributed by atoms with E-state index < -0.39 is 0 Å². The molecule has 0 spiro atoms. The fourth-order valence-electron chi connectivity index (χ4n) is 2.51. The van der Waals surface area contributed by atoms with E-state index in [9.17, 15) is 0 Å². The SMILES string of the molecule is CCc1nn(C)cc1CNc1ccnc2c(Br)cccc12. The zero-order chi connectivity index (χ0) is 14.8. The van der Waals surface area contributed by atoms with Crippen LogP contribution in [0.2, 0.25) is 0 Å². The van der Waals surface area contributed by atoms with E-state index in [2.05, 4.69) is 50.5 Å². The molecule has 3 rings (SSSR count). The Hall–Kier alpha value is -1.88. The van der Waals surface area contributed by atoms with E-state index in [0.717, 1.165) is 39.7 Å². The van der Waals surface area contributed by atoms with Crippen molar-refractivity contribution >= 4 is 32.5 Å². The molecule has 0 saturated carbocycles. The Labute approximate surface area is 132 Å². The molecule has 21 heavy (non-hydrogen) atoms. The number of pyridine rings is 1. The van der Waals surface area contributed by atoms with E-state index in [1.165, 1.54) is 5.56 Å². The first-order valence-corrected chi connectivity index (χ1v) is 7.77. The van der Waals surface area contributed by atoms with Crippen LogP contribution < -0.4 is 5.32 Å². The molecule has 0 amide bonds. The zero-order valence-electron chi connectivity index (χ0n) is 12.1. The molecular weight excluding hydrogens is 328 g/mol. The molecule has 2 aromatic heterocycles. The van der Waals surface area contributed by atoms with Crippen LogP contribution in [0.25, 0.3) is 10.9 Å². The minimum Gasteiger partial charge on any atom is -0.380 e. The molecular formula is C16H17BrN4. The highest BCUT2D eigenvalue weighted by atomic mass is 79.9. The summed E-state index contributed by atoms with van der Waals surface area (Å²) in [6, 6.07) is 8.13. The number of hydrogen-bond acceptors (Lipinski definition) is 3. The normalized spacial score (nSPS) is 11.0. The second-order valence-electron chi connectivity index (χ2n) is 4.98. The molecule has 0 aliphatic carbocycles. The van der Waals surface area contributed by atoms with Crippen molar-refractivity contribution in [3.05, 3.63) is 52.4 Å². The van der Waals surface area contributed by atoms with Crippen LogP contribution in [0.15, 0.2) is 41.1 Å². The second kappa shape index (κ2) is 5.85. The van der Waals surface area contributed by atoms with Crippen molar-refractivity contribution in [2.45, 2.75) is 19.9 Å². The largest absolute Gasteiger partial charge is 0.380 e. The van der Waals surface area contributed by atoms with Gasteiger partial charge in [-0.15, -0.1) is 0 Å². The number of anilines is 1. The van der Waals surface area contributed by atoms with Crippen LogP contribution in [0, 0.1) is 0 Å². The van der Waals surface area contributed by atoms with Gasteiger partial charge in [-0.05, 0) is 34.5 Å². The first-order valence-electron chi connectivity index (χ1n) is 6.97. The van der Waals surface area contributed by atoms with Crippen molar-refractivity contribution in [1.29, 1.82) is 0 Å². The molecule has 0 atom stereocenters. The van der Waals surface area contributed by atoms with Gasteiger partial charge < -0.3 is 5.32 Å². The lowest BCUT2D eigenvalue weighted by molar-refractivity contribution is 0.746. The Kier molecular flexibility index (Phi) is 3.92. The highest BCUT2D eigenvalue weighted by molar-refractivity contribution is 9.10. The van der Waals surface area contributed by atoms with E-state index in [1.54, 1.807) is 0 Å². The van der Waals surface area contributed by atoms with Gasteiger partial charge in [0.05, 0.1) is 11.2 Å². The summed E-state index contributed by atoms with van der Waals surface area (Å²) >= 11 is 3.55. The predicted octanol–water partition coefficient (Wildman–Crippen LogP) is 3.91. The van der Waals surface area contributed by atoms with Gasteiger partial charge in [-0.3, -0.25) is 9.67 Å². The summed E-state index contributed by atoms with van der Waals surface area (Å²) in [7, 11) is 1.96. The van der Waals surface area contributed by atoms with Crippen molar-refractivity contribution < 1.29 is 0 Å². The molecule has 4 nitrogen and oxygen atoms in total. The molecule has 0 aliphatic heterocycles. The summed E-state index contributed by atoms with van der Waals surface area (Å²) in [5.74, 6) is 0. The van der Waals surface area contributed by atoms with Gasteiger partial charge in [0, 0.05) is 47.1 Å². The number of rotatable bonds is 4. The number of hydrogen-bond donors (Lipinski definition) is 1. The van der Waals surface area contributed by atoms with Crippen molar-refractivity contribution in [3.8, 4) is 0 Å². The number of nitrogens with zero attached hydrogens (tertiary/aromatic N) is 3. The first kappa shape index (κ1) is 14.1. The summed E-state index contributed by atoms with van der Waals surface area (Å²) in [6.45, 7) is 2.90. The Morgan fingerprint density at radius 3 is 2.95 bits per heavy atom. The van der Waals surface area contributed by atoms with Crippen molar-refractivity contribution in [2.75, 3.05) is 5.32 Å². The van der Waals surface area contributed by atoms with Gasteiger partial charge in [-0.1, -0.05) is 19.1 Å². The molecule has 0 unspecified atom stereocenters. The molecule has 0 aliphatic rings. The number of fused-ring (bicyclic) bond motifs is 1. The van der Waals surface area contributed by atoms with Crippen molar-refractivity contribution in [2.24, 2.45) is 7.05 Å². The van der Waals surface area contributed by atoms with Gasteiger partial charge in [0.25, 0.3) is 0 Å². The summed E-state index contributed by atoms with van der Waals surface area (Å²) in [4.78, 5) is 4.43. The molecule has 0 bridgehead atoms. The number of benzene rings is 1. The van der Waals surface area contributed by atoms with Crippen LogP contribution in [0.1, 0.15) is 18.2 Å². The Bertz CT molecular complexity index is 779. The lowest BCUT2D eigenvalue weighted by Crippen LogP contribution is -2.02. The predicted molar refractivity (Wildman–Crippen MR) is 89.4 cm³/mol. The minimum absolute atomic E-state index is 0.767. The van der Waals surface area contributed by atoms with Gasteiger partial charge in [0.1, 0.15) is 0 Å². The van der Waals surface area contributed by atoms with E-state index in [-0.39, 0.29) is 0 Å². The molecule has 5 heteroatoms. The molecule has 0 radical (unpaired) electrons. The summed E-state index contributed by atoms with van der Waals surface area (Å²) in [5, 5.41) is 9.10. The monoisotopic (exact) mass is 344 g/mol. The van der Waals surface area contributed by atoms with E-state index >= 15 is 0 Å². The third-order valence-electron chi connectivity index (χ3n) is 3.52. The van der Waals surface area contributed by atoms with E-state index in [0.29, 0.717) is 0 Å². The number of aromatic nitrogens is 3. The molecule has 2 heterocycles. The highest BCUT2D eigenvalue weighted by Gasteiger charge is 2.08. The highest BCUT2D eigenvalue weighted by Crippen LogP contribution is 2.27. The number of para-hydroxylation sites is 1. The fourth-order valence-corrected chi connectivity index (χ4v) is 2.98. The van der Waals surface area contributed by atoms with E-state index in [1.807, 2.05) is 36.1 Å². The summed E-state index contributed by atoms with van der Waals surface area (Å²) in [5.41, 5.74) is 4.45. The number of nitrogens with one attached hydrogen (secondary N) is 1. The topological polar surface area (TPSA) is 42.7 Å². The lowest BCUT2D eigenvalue weighted by Gasteiger charge is -2.10. The van der Waals surface area contributed by atoms with Crippen LogP contribution >= 0.6 is 15.9 Å². The molecule has 1 aromatic carbocycles. The van der Waals surface area contributed by atoms with Crippen molar-refractivity contribution in [1.82, 2.24) is 14.8 Å². The van der Waals surface area contributed by atoms with Crippen LogP contribution in [0.5, 0.6) is 0 Å². The average Bonchev–Trinajstić information content (AvgIpc) is 2.86. The Balaban J connectivity index is 1.90. The fraction of sp³-hybridized carbons (Fsp3) is 0.250. The standard InChI is InChI=1S/C16H17BrN4/c1-3-14-11(10-21(2)20-14)9-19-15-7-8-18-16-12(15)5-4-6-13(16)17/h4-8,10H,3,9H2,1-2H3,(H,18,19). The van der Waals surface area contributed by atoms with Gasteiger partial charge >= 0.3 is 0 Å². The summed E-state index contributed by atoms with van der Waals surface area (Å²) in [6.07, 6.45) is 4.85. The Morgan fingerprint density at radius 2 is 2.14 bits per heavy atom. The van der Waals surface area contributed by atoms with E-state index in [4.69, 9.17) is 0 Å². The van der Waals surface area contributed by atoms with Gasteiger partial charge in [0.2, 0.25) is 0 Å². The van der Waals surface area contributed by atoms with Crippen LogP contribution in [0.3, 0.4) is 0 Å². The summed E-state index contributed by atoms with van der Waals surface area (Å²) < 4.78 is 2.89. The zero-order valence-corrected chi connectivity index (χ0v) is 13.7. The lowest BCUT2D eigenvalue weighted by atomic mass is 10.1. The van der Waals surface area contributed by atoms with Crippen LogP contribution in [0.4, 0.5) is 5.69 Å². The third-order valence-corrected chi connectivity index (χ3v) is 4.16. The van der Waals surface area contributed by atoms with Crippen LogP contribution in [-0.4, -0.2) is 14.8 Å². The van der Waals surface area contributed by atoms with Crippen LogP contribution in [-0.2, 0) is 20.0 Å². The quantitative estimate of drug-likeness (QED) is 0.780. The third kappa shape index (κ3) is 2.78. The Morgan fingerprint density at radius 1 is 1.29 bits per heavy atom. The molecule has 0 fully saturated rings. The number of aryl methyl sites for hydroxylation is 2. The maximum Gasteiger partial charge on any atom is 0.0864 e. The molecule has 3 aromatic rings. The second-order valence-corrected chi connectivity index (χ2v) is 5.83.